The van der Waals surface area contributed by atoms with E-state index < -0.39 is 0 Å². The van der Waals surface area contributed by atoms with Gasteiger partial charge in [0, 0.05) is 30.2 Å². The van der Waals surface area contributed by atoms with Gasteiger partial charge in [-0.3, -0.25) is 0 Å². The molecule has 1 heterocycles. The molecular weight excluding hydrogens is 230 g/mol. The predicted molar refractivity (Wildman–Crippen MR) is 75.8 cm³/mol. The molecule has 0 radical (unpaired) electrons. The first-order chi connectivity index (χ1) is 8.31. The lowest BCUT2D eigenvalue weighted by Gasteiger charge is -2.19. The number of thioether (sulfide) groups is 1. The molecule has 1 saturated carbocycles. The average molecular weight is 253 g/mol. The van der Waals surface area contributed by atoms with Crippen molar-refractivity contribution in [2.45, 2.75) is 51.6 Å². The van der Waals surface area contributed by atoms with Crippen LogP contribution in [0.5, 0.6) is 0 Å². The fourth-order valence-corrected chi connectivity index (χ4v) is 3.14. The Morgan fingerprint density at radius 2 is 2.29 bits per heavy atom. The Morgan fingerprint density at radius 3 is 3.00 bits per heavy atom. The minimum Gasteiger partial charge on any atom is -0.353 e. The monoisotopic (exact) mass is 253 g/mol. The first-order valence-corrected chi connectivity index (χ1v) is 7.84. The molecule has 96 valence electrons. The summed E-state index contributed by atoms with van der Waals surface area (Å²) in [4.78, 5) is 4.45. The molecule has 1 unspecified atom stereocenters. The van der Waals surface area contributed by atoms with Crippen LogP contribution in [0.3, 0.4) is 0 Å². The summed E-state index contributed by atoms with van der Waals surface area (Å²) in [7, 11) is 0. The summed E-state index contributed by atoms with van der Waals surface area (Å²) in [5, 5.41) is 3.59. The van der Waals surface area contributed by atoms with Gasteiger partial charge in [-0.15, -0.1) is 0 Å². The summed E-state index contributed by atoms with van der Waals surface area (Å²) in [5.74, 6) is 3.40. The van der Waals surface area contributed by atoms with Crippen molar-refractivity contribution in [3.63, 3.8) is 0 Å². The van der Waals surface area contributed by atoms with Crippen LogP contribution in [-0.2, 0) is 0 Å². The van der Waals surface area contributed by atoms with Gasteiger partial charge in [0.25, 0.3) is 0 Å². The van der Waals surface area contributed by atoms with Crippen LogP contribution in [0.2, 0.25) is 0 Å². The van der Waals surface area contributed by atoms with Crippen LogP contribution < -0.4 is 5.32 Å². The minimum atomic E-state index is 0.520. The zero-order chi connectivity index (χ0) is 12.1. The van der Waals surface area contributed by atoms with Gasteiger partial charge in [0.2, 0.25) is 5.95 Å². The van der Waals surface area contributed by atoms with Crippen molar-refractivity contribution < 1.29 is 0 Å². The fourth-order valence-electron chi connectivity index (χ4n) is 2.40. The van der Waals surface area contributed by atoms with E-state index in [0.717, 1.165) is 11.7 Å². The number of anilines is 1. The Balaban J connectivity index is 1.95. The van der Waals surface area contributed by atoms with E-state index in [2.05, 4.69) is 34.9 Å². The van der Waals surface area contributed by atoms with Crippen LogP contribution in [0.4, 0.5) is 5.95 Å². The van der Waals surface area contributed by atoms with E-state index in [-0.39, 0.29) is 0 Å². The summed E-state index contributed by atoms with van der Waals surface area (Å²) in [6, 6.07) is 1.16. The van der Waals surface area contributed by atoms with Gasteiger partial charge in [-0.05, 0) is 25.5 Å². The maximum Gasteiger partial charge on any atom is 0.203 e. The van der Waals surface area contributed by atoms with Crippen molar-refractivity contribution in [3.05, 3.63) is 12.4 Å². The molecule has 1 aliphatic carbocycles. The Bertz CT molecular complexity index is 331. The molecule has 0 bridgehead atoms. The average Bonchev–Trinajstić information content (AvgIpc) is 2.97. The Hall–Kier alpha value is -0.640. The number of nitrogens with zero attached hydrogens (tertiary/aromatic N) is 2. The SMILES string of the molecule is CCSCC(C)n1ccnc1NC1CCCC1. The van der Waals surface area contributed by atoms with Gasteiger partial charge in [0.05, 0.1) is 0 Å². The maximum atomic E-state index is 4.45. The van der Waals surface area contributed by atoms with Crippen LogP contribution in [0.15, 0.2) is 12.4 Å². The highest BCUT2D eigenvalue weighted by Crippen LogP contribution is 2.24. The lowest BCUT2D eigenvalue weighted by Crippen LogP contribution is -2.20. The molecule has 1 aliphatic rings. The Morgan fingerprint density at radius 1 is 1.53 bits per heavy atom. The second-order valence-corrected chi connectivity index (χ2v) is 6.11. The van der Waals surface area contributed by atoms with E-state index >= 15 is 0 Å². The molecule has 0 amide bonds. The van der Waals surface area contributed by atoms with Crippen molar-refractivity contribution in [2.24, 2.45) is 0 Å². The van der Waals surface area contributed by atoms with Crippen molar-refractivity contribution in [1.82, 2.24) is 9.55 Å². The zero-order valence-corrected chi connectivity index (χ0v) is 11.7. The number of nitrogens with one attached hydrogen (secondary N) is 1. The number of hydrogen-bond donors (Lipinski definition) is 1. The number of aromatic nitrogens is 2. The van der Waals surface area contributed by atoms with Crippen LogP contribution in [0.1, 0.15) is 45.6 Å². The molecule has 1 atom stereocenters. The number of imidazole rings is 1. The molecule has 3 nitrogen and oxygen atoms in total. The number of hydrogen-bond acceptors (Lipinski definition) is 3. The van der Waals surface area contributed by atoms with Crippen molar-refractivity contribution >= 4 is 17.7 Å². The van der Waals surface area contributed by atoms with Gasteiger partial charge >= 0.3 is 0 Å². The van der Waals surface area contributed by atoms with Crippen LogP contribution >= 0.6 is 11.8 Å². The molecule has 17 heavy (non-hydrogen) atoms. The van der Waals surface area contributed by atoms with E-state index in [1.54, 1.807) is 0 Å². The van der Waals surface area contributed by atoms with Gasteiger partial charge in [-0.25, -0.2) is 4.98 Å². The second kappa shape index (κ2) is 6.34. The fraction of sp³-hybridized carbons (Fsp3) is 0.769. The molecule has 0 saturated heterocycles. The van der Waals surface area contributed by atoms with Gasteiger partial charge in [-0.1, -0.05) is 19.8 Å². The maximum absolute atomic E-state index is 4.45. The highest BCUT2D eigenvalue weighted by atomic mass is 32.2. The Kier molecular flexibility index (Phi) is 4.77. The predicted octanol–water partition coefficient (Wildman–Crippen LogP) is 3.55. The summed E-state index contributed by atoms with van der Waals surface area (Å²) in [6.07, 6.45) is 9.32. The molecule has 1 fully saturated rings. The standard InChI is InChI=1S/C13H23N3S/c1-3-17-10-11(2)16-9-8-14-13(16)15-12-6-4-5-7-12/h8-9,11-12H,3-7,10H2,1-2H3,(H,14,15). The largest absolute Gasteiger partial charge is 0.353 e. The summed E-state index contributed by atoms with van der Waals surface area (Å²) in [6.45, 7) is 4.48. The van der Waals surface area contributed by atoms with E-state index in [1.165, 1.54) is 31.4 Å². The third-order valence-corrected chi connectivity index (χ3v) is 4.52. The smallest absolute Gasteiger partial charge is 0.203 e. The summed E-state index contributed by atoms with van der Waals surface area (Å²) < 4.78 is 2.28. The first-order valence-electron chi connectivity index (χ1n) is 6.68. The molecule has 0 aromatic carbocycles. The highest BCUT2D eigenvalue weighted by molar-refractivity contribution is 7.99. The highest BCUT2D eigenvalue weighted by Gasteiger charge is 2.17. The van der Waals surface area contributed by atoms with Crippen LogP contribution in [-0.4, -0.2) is 27.1 Å². The topological polar surface area (TPSA) is 29.9 Å². The molecule has 1 aromatic heterocycles. The lowest BCUT2D eigenvalue weighted by atomic mass is 10.2. The molecular formula is C13H23N3S. The van der Waals surface area contributed by atoms with Crippen molar-refractivity contribution in [3.8, 4) is 0 Å². The molecule has 0 spiro atoms. The second-order valence-electron chi connectivity index (χ2n) is 4.79. The molecule has 0 aliphatic heterocycles. The minimum absolute atomic E-state index is 0.520. The summed E-state index contributed by atoms with van der Waals surface area (Å²) in [5.41, 5.74) is 0. The van der Waals surface area contributed by atoms with Gasteiger partial charge in [-0.2, -0.15) is 11.8 Å². The van der Waals surface area contributed by atoms with Gasteiger partial charge in [0.15, 0.2) is 0 Å². The normalized spacial score (nSPS) is 18.5. The van der Waals surface area contributed by atoms with Gasteiger partial charge < -0.3 is 9.88 Å². The lowest BCUT2D eigenvalue weighted by molar-refractivity contribution is 0.604. The number of rotatable bonds is 6. The summed E-state index contributed by atoms with van der Waals surface area (Å²) >= 11 is 1.99. The third kappa shape index (κ3) is 3.41. The van der Waals surface area contributed by atoms with E-state index in [4.69, 9.17) is 0 Å². The van der Waals surface area contributed by atoms with Crippen LogP contribution in [0, 0.1) is 0 Å². The van der Waals surface area contributed by atoms with Crippen molar-refractivity contribution in [1.29, 1.82) is 0 Å². The van der Waals surface area contributed by atoms with Gasteiger partial charge in [0.1, 0.15) is 0 Å². The van der Waals surface area contributed by atoms with E-state index in [0.29, 0.717) is 12.1 Å². The quantitative estimate of drug-likeness (QED) is 0.841. The molecule has 4 heteroatoms. The molecule has 1 aromatic rings. The van der Waals surface area contributed by atoms with E-state index in [1.807, 2.05) is 18.0 Å². The first kappa shape index (κ1) is 12.8. The molecule has 2 rings (SSSR count). The molecule has 1 N–H and O–H groups in total. The zero-order valence-electron chi connectivity index (χ0n) is 10.9. The van der Waals surface area contributed by atoms with Crippen LogP contribution in [0.25, 0.3) is 0 Å². The van der Waals surface area contributed by atoms with Crippen molar-refractivity contribution in [2.75, 3.05) is 16.8 Å². The van der Waals surface area contributed by atoms with E-state index in [9.17, 15) is 0 Å². The Labute approximate surface area is 108 Å². The third-order valence-electron chi connectivity index (χ3n) is 3.40.